The molecule has 25 heavy (non-hydrogen) atoms. The van der Waals surface area contributed by atoms with E-state index in [1.165, 1.54) is 20.3 Å². The van der Waals surface area contributed by atoms with Crippen LogP contribution in [0.25, 0.3) is 0 Å². The molecule has 7 nitrogen and oxygen atoms in total. The van der Waals surface area contributed by atoms with Crippen LogP contribution in [0.5, 0.6) is 17.2 Å². The highest BCUT2D eigenvalue weighted by Crippen LogP contribution is 2.33. The van der Waals surface area contributed by atoms with Crippen molar-refractivity contribution < 1.29 is 33.3 Å². The zero-order valence-corrected chi connectivity index (χ0v) is 13.7. The number of rotatable bonds is 5. The predicted molar refractivity (Wildman–Crippen MR) is 86.0 cm³/mol. The lowest BCUT2D eigenvalue weighted by Gasteiger charge is -2.13. The van der Waals surface area contributed by atoms with E-state index in [2.05, 4.69) is 0 Å². The molecule has 2 aromatic carbocycles. The summed E-state index contributed by atoms with van der Waals surface area (Å²) in [5.74, 6) is 0.215. The van der Waals surface area contributed by atoms with E-state index in [4.69, 9.17) is 23.7 Å². The van der Waals surface area contributed by atoms with Gasteiger partial charge in [-0.15, -0.1) is 0 Å². The first-order chi connectivity index (χ1) is 12.1. The van der Waals surface area contributed by atoms with Gasteiger partial charge in [0.05, 0.1) is 19.8 Å². The Morgan fingerprint density at radius 1 is 1.00 bits per heavy atom. The van der Waals surface area contributed by atoms with E-state index in [0.717, 1.165) is 5.56 Å². The summed E-state index contributed by atoms with van der Waals surface area (Å²) in [7, 11) is 2.47. The summed E-state index contributed by atoms with van der Waals surface area (Å²) < 4.78 is 25.8. The summed E-state index contributed by atoms with van der Waals surface area (Å²) in [5, 5.41) is 0. The zero-order valence-electron chi connectivity index (χ0n) is 13.7. The van der Waals surface area contributed by atoms with Crippen molar-refractivity contribution in [2.75, 3.05) is 21.0 Å². The number of hydrogen-bond acceptors (Lipinski definition) is 7. The molecule has 0 aliphatic carbocycles. The first-order valence-electron chi connectivity index (χ1n) is 7.45. The minimum Gasteiger partial charge on any atom is -0.488 e. The lowest BCUT2D eigenvalue weighted by molar-refractivity contribution is 0.0550. The molecular formula is C18H16O7. The molecule has 0 spiro atoms. The van der Waals surface area contributed by atoms with E-state index in [1.54, 1.807) is 24.3 Å². The van der Waals surface area contributed by atoms with Crippen LogP contribution in [0.15, 0.2) is 36.4 Å². The summed E-state index contributed by atoms with van der Waals surface area (Å²) in [6.07, 6.45) is 0. The lowest BCUT2D eigenvalue weighted by Crippen LogP contribution is -2.14. The molecule has 130 valence electrons. The first kappa shape index (κ1) is 16.6. The van der Waals surface area contributed by atoms with Crippen molar-refractivity contribution in [3.05, 3.63) is 53.1 Å². The van der Waals surface area contributed by atoms with E-state index in [0.29, 0.717) is 11.5 Å². The molecule has 0 fully saturated rings. The van der Waals surface area contributed by atoms with Gasteiger partial charge in [-0.3, -0.25) is 0 Å². The Bertz CT molecular complexity index is 813. The Morgan fingerprint density at radius 3 is 2.52 bits per heavy atom. The van der Waals surface area contributed by atoms with Gasteiger partial charge in [0.1, 0.15) is 17.9 Å². The lowest BCUT2D eigenvalue weighted by atomic mass is 10.1. The van der Waals surface area contributed by atoms with E-state index >= 15 is 0 Å². The van der Waals surface area contributed by atoms with Crippen molar-refractivity contribution in [2.24, 2.45) is 0 Å². The highest BCUT2D eigenvalue weighted by molar-refractivity contribution is 6.05. The van der Waals surface area contributed by atoms with Crippen molar-refractivity contribution in [2.45, 2.75) is 6.61 Å². The van der Waals surface area contributed by atoms with Crippen LogP contribution in [0.1, 0.15) is 26.3 Å². The molecule has 0 radical (unpaired) electrons. The van der Waals surface area contributed by atoms with Crippen LogP contribution in [0.4, 0.5) is 0 Å². The average molecular weight is 344 g/mol. The average Bonchev–Trinajstić information content (AvgIpc) is 3.12. The van der Waals surface area contributed by atoms with Crippen LogP contribution >= 0.6 is 0 Å². The largest absolute Gasteiger partial charge is 0.488 e. The van der Waals surface area contributed by atoms with Crippen molar-refractivity contribution in [3.8, 4) is 17.2 Å². The van der Waals surface area contributed by atoms with Gasteiger partial charge in [0.2, 0.25) is 6.79 Å². The highest BCUT2D eigenvalue weighted by Gasteiger charge is 2.23. The van der Waals surface area contributed by atoms with Gasteiger partial charge < -0.3 is 23.7 Å². The topological polar surface area (TPSA) is 80.3 Å². The number of hydrogen-bond donors (Lipinski definition) is 0. The van der Waals surface area contributed by atoms with E-state index in [9.17, 15) is 9.59 Å². The minimum atomic E-state index is -0.679. The number of methoxy groups -OCH3 is 2. The number of carbonyl (C=O) groups is 2. The van der Waals surface area contributed by atoms with E-state index in [1.807, 2.05) is 6.07 Å². The van der Waals surface area contributed by atoms with Gasteiger partial charge in [-0.1, -0.05) is 12.1 Å². The van der Waals surface area contributed by atoms with Crippen LogP contribution in [-0.4, -0.2) is 33.0 Å². The summed E-state index contributed by atoms with van der Waals surface area (Å²) in [6.45, 7) is 0.360. The second-order valence-corrected chi connectivity index (χ2v) is 5.14. The van der Waals surface area contributed by atoms with Crippen molar-refractivity contribution in [1.82, 2.24) is 0 Å². The van der Waals surface area contributed by atoms with E-state index < -0.39 is 11.9 Å². The molecule has 1 aliphatic rings. The fourth-order valence-electron chi connectivity index (χ4n) is 2.44. The van der Waals surface area contributed by atoms with Crippen LogP contribution in [-0.2, 0) is 16.1 Å². The van der Waals surface area contributed by atoms with Crippen LogP contribution in [0.2, 0.25) is 0 Å². The van der Waals surface area contributed by atoms with Gasteiger partial charge in [0.15, 0.2) is 11.5 Å². The number of ether oxygens (including phenoxy) is 5. The number of esters is 2. The molecule has 1 heterocycles. The molecule has 0 N–H and O–H groups in total. The summed E-state index contributed by atoms with van der Waals surface area (Å²) in [5.41, 5.74) is 0.929. The third-order valence-electron chi connectivity index (χ3n) is 3.65. The molecule has 0 unspecified atom stereocenters. The van der Waals surface area contributed by atoms with Crippen molar-refractivity contribution >= 4 is 11.9 Å². The number of fused-ring (bicyclic) bond motifs is 1. The Labute approximate surface area is 144 Å². The van der Waals surface area contributed by atoms with Crippen LogP contribution in [0.3, 0.4) is 0 Å². The fourth-order valence-corrected chi connectivity index (χ4v) is 2.44. The van der Waals surface area contributed by atoms with Crippen LogP contribution < -0.4 is 14.2 Å². The summed E-state index contributed by atoms with van der Waals surface area (Å²) >= 11 is 0. The summed E-state index contributed by atoms with van der Waals surface area (Å²) in [4.78, 5) is 24.0. The smallest absolute Gasteiger partial charge is 0.342 e. The third kappa shape index (κ3) is 3.35. The van der Waals surface area contributed by atoms with Gasteiger partial charge in [-0.25, -0.2) is 9.59 Å². The van der Waals surface area contributed by atoms with Crippen molar-refractivity contribution in [1.29, 1.82) is 0 Å². The van der Waals surface area contributed by atoms with Crippen molar-refractivity contribution in [3.63, 3.8) is 0 Å². The Hall–Kier alpha value is -3.22. The van der Waals surface area contributed by atoms with Gasteiger partial charge >= 0.3 is 11.9 Å². The Morgan fingerprint density at radius 2 is 1.76 bits per heavy atom. The fraction of sp³-hybridized carbons (Fsp3) is 0.222. The molecule has 7 heteroatoms. The molecule has 2 aromatic rings. The molecule has 0 atom stereocenters. The molecular weight excluding hydrogens is 328 g/mol. The normalized spacial score (nSPS) is 11.8. The SMILES string of the molecule is COC(=O)c1cccc(OCc2ccc3c(c2)OCO3)c1C(=O)OC. The maximum absolute atomic E-state index is 12.1. The van der Waals surface area contributed by atoms with Crippen LogP contribution in [0, 0.1) is 0 Å². The van der Waals surface area contributed by atoms with E-state index in [-0.39, 0.29) is 30.3 Å². The predicted octanol–water partition coefficient (Wildman–Crippen LogP) is 2.57. The molecule has 3 rings (SSSR count). The summed E-state index contributed by atoms with van der Waals surface area (Å²) in [6, 6.07) is 10.1. The molecule has 0 saturated heterocycles. The number of carbonyl (C=O) groups excluding carboxylic acids is 2. The first-order valence-corrected chi connectivity index (χ1v) is 7.45. The zero-order chi connectivity index (χ0) is 17.8. The molecule has 0 amide bonds. The Kier molecular flexibility index (Phi) is 4.74. The second kappa shape index (κ2) is 7.12. The molecule has 0 bridgehead atoms. The highest BCUT2D eigenvalue weighted by atomic mass is 16.7. The molecule has 0 aromatic heterocycles. The third-order valence-corrected chi connectivity index (χ3v) is 3.65. The maximum atomic E-state index is 12.1. The van der Waals surface area contributed by atoms with Gasteiger partial charge in [0.25, 0.3) is 0 Å². The quantitative estimate of drug-likeness (QED) is 0.771. The second-order valence-electron chi connectivity index (χ2n) is 5.14. The van der Waals surface area contributed by atoms with Gasteiger partial charge in [0, 0.05) is 0 Å². The maximum Gasteiger partial charge on any atom is 0.342 e. The minimum absolute atomic E-state index is 0.0255. The number of benzene rings is 2. The van der Waals surface area contributed by atoms with Gasteiger partial charge in [-0.2, -0.15) is 0 Å². The molecule has 1 aliphatic heterocycles. The molecule has 0 saturated carbocycles. The standard InChI is InChI=1S/C18H16O7/c1-21-17(19)12-4-3-5-14(16(12)18(20)22-2)23-9-11-6-7-13-15(8-11)25-10-24-13/h3-8H,9-10H2,1-2H3. The van der Waals surface area contributed by atoms with Gasteiger partial charge in [-0.05, 0) is 29.8 Å². The monoisotopic (exact) mass is 344 g/mol. The Balaban J connectivity index is 1.86.